The van der Waals surface area contributed by atoms with E-state index >= 15 is 0 Å². The molecule has 0 aromatic rings. The van der Waals surface area contributed by atoms with E-state index in [1.165, 1.54) is 70.6 Å². The highest BCUT2D eigenvalue weighted by molar-refractivity contribution is 8.05. The molecule has 140 valence electrons. The average molecular weight is 417 g/mol. The molecule has 0 amide bonds. The van der Waals surface area contributed by atoms with Crippen molar-refractivity contribution < 1.29 is 0 Å². The minimum absolute atomic E-state index is 1.21. The van der Waals surface area contributed by atoms with Crippen molar-refractivity contribution in [2.24, 2.45) is 0 Å². The summed E-state index contributed by atoms with van der Waals surface area (Å²) < 4.78 is 0. The molecule has 0 rings (SSSR count). The SMILES string of the molecule is CN(C)CCSCCSCCSCCSCCSCCN(C)C. The lowest BCUT2D eigenvalue weighted by molar-refractivity contribution is 0.437. The molecule has 0 saturated carbocycles. The highest BCUT2D eigenvalue weighted by Crippen LogP contribution is 2.13. The molecule has 0 fully saturated rings. The summed E-state index contributed by atoms with van der Waals surface area (Å²) in [4.78, 5) is 4.52. The maximum Gasteiger partial charge on any atom is 0.00662 e. The Hall–Kier alpha value is 1.67. The smallest absolute Gasteiger partial charge is 0.00662 e. The van der Waals surface area contributed by atoms with Crippen LogP contribution in [0.25, 0.3) is 0 Å². The lowest BCUT2D eigenvalue weighted by Gasteiger charge is -2.08. The summed E-state index contributed by atoms with van der Waals surface area (Å²) >= 11 is 10.6. The number of hydrogen-bond donors (Lipinski definition) is 0. The monoisotopic (exact) mass is 416 g/mol. The number of hydrogen-bond acceptors (Lipinski definition) is 7. The van der Waals surface area contributed by atoms with Crippen molar-refractivity contribution in [1.82, 2.24) is 9.80 Å². The van der Waals surface area contributed by atoms with E-state index in [9.17, 15) is 0 Å². The fraction of sp³-hybridized carbons (Fsp3) is 1.00. The number of thioether (sulfide) groups is 5. The van der Waals surface area contributed by atoms with Crippen LogP contribution in [-0.4, -0.2) is 109 Å². The number of nitrogens with zero attached hydrogens (tertiary/aromatic N) is 2. The average Bonchev–Trinajstić information content (AvgIpc) is 2.49. The Bertz CT molecular complexity index is 209. The van der Waals surface area contributed by atoms with Gasteiger partial charge >= 0.3 is 0 Å². The Labute approximate surface area is 166 Å². The first kappa shape index (κ1) is 24.7. The molecule has 0 bridgehead atoms. The van der Waals surface area contributed by atoms with Gasteiger partial charge in [0.05, 0.1) is 0 Å². The summed E-state index contributed by atoms with van der Waals surface area (Å²) in [5, 5.41) is 0. The van der Waals surface area contributed by atoms with Gasteiger partial charge in [0.15, 0.2) is 0 Å². The van der Waals surface area contributed by atoms with Gasteiger partial charge in [0, 0.05) is 70.6 Å². The first-order valence-electron chi connectivity index (χ1n) is 8.31. The second kappa shape index (κ2) is 20.0. The highest BCUT2D eigenvalue weighted by Gasteiger charge is 1.96. The highest BCUT2D eigenvalue weighted by atomic mass is 32.2. The summed E-state index contributed by atoms with van der Waals surface area (Å²) in [6, 6.07) is 0. The van der Waals surface area contributed by atoms with E-state index in [1.54, 1.807) is 0 Å². The fourth-order valence-corrected chi connectivity index (χ4v) is 7.26. The predicted molar refractivity (Wildman–Crippen MR) is 124 cm³/mol. The molecular weight excluding hydrogens is 381 g/mol. The minimum Gasteiger partial charge on any atom is -0.309 e. The van der Waals surface area contributed by atoms with Gasteiger partial charge in [0.2, 0.25) is 0 Å². The lowest BCUT2D eigenvalue weighted by atomic mass is 10.7. The molecule has 0 spiro atoms. The maximum atomic E-state index is 2.26. The van der Waals surface area contributed by atoms with Crippen LogP contribution in [0.3, 0.4) is 0 Å². The molecule has 0 radical (unpaired) electrons. The van der Waals surface area contributed by atoms with E-state index in [-0.39, 0.29) is 0 Å². The standard InChI is InChI=1S/C16H36N2S5/c1-17(2)5-7-19-9-11-21-13-15-23-16-14-22-12-10-20-8-6-18(3)4/h5-16H2,1-4H3. The Balaban J connectivity index is 2.97. The van der Waals surface area contributed by atoms with Gasteiger partial charge in [-0.1, -0.05) is 0 Å². The van der Waals surface area contributed by atoms with Crippen LogP contribution >= 0.6 is 58.8 Å². The van der Waals surface area contributed by atoms with E-state index in [0.29, 0.717) is 0 Å². The molecule has 0 aliphatic heterocycles. The quantitative estimate of drug-likeness (QED) is 0.310. The van der Waals surface area contributed by atoms with Gasteiger partial charge < -0.3 is 9.80 Å². The van der Waals surface area contributed by atoms with Crippen molar-refractivity contribution >= 4 is 58.8 Å². The van der Waals surface area contributed by atoms with E-state index in [1.807, 2.05) is 0 Å². The number of rotatable bonds is 18. The van der Waals surface area contributed by atoms with Crippen LogP contribution in [0.2, 0.25) is 0 Å². The molecule has 23 heavy (non-hydrogen) atoms. The summed E-state index contributed by atoms with van der Waals surface area (Å²) in [5.74, 6) is 13.1. The second-order valence-electron chi connectivity index (χ2n) is 5.67. The summed E-state index contributed by atoms with van der Waals surface area (Å²) in [5.41, 5.74) is 0. The molecule has 0 aliphatic carbocycles. The van der Waals surface area contributed by atoms with E-state index in [2.05, 4.69) is 96.8 Å². The first-order chi connectivity index (χ1) is 11.1. The van der Waals surface area contributed by atoms with Crippen molar-refractivity contribution in [2.75, 3.05) is 98.8 Å². The van der Waals surface area contributed by atoms with Gasteiger partial charge in [0.1, 0.15) is 0 Å². The topological polar surface area (TPSA) is 6.48 Å². The van der Waals surface area contributed by atoms with Gasteiger partial charge in [-0.3, -0.25) is 0 Å². The van der Waals surface area contributed by atoms with Crippen LogP contribution in [0, 0.1) is 0 Å². The normalized spacial score (nSPS) is 11.7. The molecule has 0 unspecified atom stereocenters. The third-order valence-electron chi connectivity index (χ3n) is 2.85. The van der Waals surface area contributed by atoms with Crippen LogP contribution < -0.4 is 0 Å². The van der Waals surface area contributed by atoms with Crippen LogP contribution in [0.1, 0.15) is 0 Å². The Morgan fingerprint density at radius 1 is 0.391 bits per heavy atom. The molecule has 0 aromatic carbocycles. The molecule has 0 aliphatic rings. The summed E-state index contributed by atoms with van der Waals surface area (Å²) in [6.45, 7) is 2.41. The van der Waals surface area contributed by atoms with Crippen LogP contribution in [0.4, 0.5) is 0 Å². The van der Waals surface area contributed by atoms with Crippen molar-refractivity contribution in [1.29, 1.82) is 0 Å². The molecule has 0 heterocycles. The molecule has 0 atom stereocenters. The van der Waals surface area contributed by atoms with Crippen molar-refractivity contribution in [2.45, 2.75) is 0 Å². The van der Waals surface area contributed by atoms with Gasteiger partial charge in [-0.15, -0.1) is 0 Å². The summed E-state index contributed by atoms with van der Waals surface area (Å²) in [7, 11) is 8.59. The van der Waals surface area contributed by atoms with Gasteiger partial charge in [-0.2, -0.15) is 58.8 Å². The molecule has 2 nitrogen and oxygen atoms in total. The Morgan fingerprint density at radius 2 is 0.609 bits per heavy atom. The van der Waals surface area contributed by atoms with E-state index in [0.717, 1.165) is 0 Å². The zero-order valence-corrected chi connectivity index (χ0v) is 19.5. The summed E-state index contributed by atoms with van der Waals surface area (Å²) in [6.07, 6.45) is 0. The molecule has 0 N–H and O–H groups in total. The molecule has 0 saturated heterocycles. The third kappa shape index (κ3) is 23.7. The third-order valence-corrected chi connectivity index (χ3v) is 8.77. The van der Waals surface area contributed by atoms with Gasteiger partial charge in [-0.25, -0.2) is 0 Å². The van der Waals surface area contributed by atoms with E-state index < -0.39 is 0 Å². The lowest BCUT2D eigenvalue weighted by Crippen LogP contribution is -2.15. The zero-order chi connectivity index (χ0) is 17.2. The molecule has 7 heteroatoms. The second-order valence-corrected chi connectivity index (χ2v) is 11.8. The Morgan fingerprint density at radius 3 is 0.826 bits per heavy atom. The van der Waals surface area contributed by atoms with E-state index in [4.69, 9.17) is 0 Å². The fourth-order valence-electron chi connectivity index (χ4n) is 1.48. The van der Waals surface area contributed by atoms with Crippen LogP contribution in [0.15, 0.2) is 0 Å². The minimum atomic E-state index is 1.21. The van der Waals surface area contributed by atoms with Crippen molar-refractivity contribution in [3.8, 4) is 0 Å². The van der Waals surface area contributed by atoms with Gasteiger partial charge in [0.25, 0.3) is 0 Å². The van der Waals surface area contributed by atoms with Crippen molar-refractivity contribution in [3.05, 3.63) is 0 Å². The largest absolute Gasteiger partial charge is 0.309 e. The maximum absolute atomic E-state index is 2.26. The van der Waals surface area contributed by atoms with Crippen LogP contribution in [-0.2, 0) is 0 Å². The predicted octanol–water partition coefficient (Wildman–Crippen LogP) is 3.78. The Kier molecular flexibility index (Phi) is 21.4. The van der Waals surface area contributed by atoms with Crippen molar-refractivity contribution in [3.63, 3.8) is 0 Å². The zero-order valence-electron chi connectivity index (χ0n) is 15.4. The first-order valence-corrected chi connectivity index (χ1v) is 14.1. The van der Waals surface area contributed by atoms with Crippen LogP contribution in [0.5, 0.6) is 0 Å². The molecule has 0 aromatic heterocycles. The van der Waals surface area contributed by atoms with Gasteiger partial charge in [-0.05, 0) is 28.2 Å². The molecular formula is C16H36N2S5.